The molecule has 0 unspecified atom stereocenters. The van der Waals surface area contributed by atoms with E-state index < -0.39 is 0 Å². The maximum Gasteiger partial charge on any atom is 0 e. The molecule has 1 radical (unpaired) electrons. The minimum atomic E-state index is 0. The predicted molar refractivity (Wildman–Crippen MR) is 3.61 cm³/mol. The summed E-state index contributed by atoms with van der Waals surface area (Å²) in [6.07, 6.45) is 0. The largest absolute Gasteiger partial charge is 0.412 e. The van der Waals surface area contributed by atoms with Gasteiger partial charge in [-0.1, -0.05) is 0 Å². The summed E-state index contributed by atoms with van der Waals surface area (Å²) in [5.41, 5.74) is 0. The van der Waals surface area contributed by atoms with E-state index in [1.54, 1.807) is 0 Å². The fourth-order valence-corrected chi connectivity index (χ4v) is 0. The molecule has 1 nitrogen and oxygen atoms in total. The van der Waals surface area contributed by atoms with Gasteiger partial charge < -0.3 is 5.48 Å². The van der Waals surface area contributed by atoms with Crippen molar-refractivity contribution >= 4 is 0 Å². The second-order valence-corrected chi connectivity index (χ2v) is 0. The molecule has 0 amide bonds. The number of hydrogen-bond donors (Lipinski definition) is 0. The van der Waals surface area contributed by atoms with Gasteiger partial charge in [-0.3, -0.25) is 0 Å². The topological polar surface area (TPSA) is 31.5 Å². The molecule has 5 heteroatoms. The van der Waals surface area contributed by atoms with Crippen molar-refractivity contribution < 1.29 is 82.3 Å². The van der Waals surface area contributed by atoms with E-state index in [0.29, 0.717) is 0 Å². The quantitative estimate of drug-likeness (QED) is 0.518. The van der Waals surface area contributed by atoms with Crippen LogP contribution in [0.25, 0.3) is 0 Å². The zero-order valence-corrected chi connectivity index (χ0v) is 7.78. The first-order valence-electron chi connectivity index (χ1n) is 0. The molecule has 0 heterocycles. The Morgan fingerprint density at radius 3 is 1.00 bits per heavy atom. The maximum absolute atomic E-state index is 0. The molecular weight excluding hydrogens is 277 g/mol. The van der Waals surface area contributed by atoms with Crippen molar-refractivity contribution in [3.05, 3.63) is 0 Å². The van der Waals surface area contributed by atoms with E-state index >= 15 is 0 Å². The van der Waals surface area contributed by atoms with E-state index in [4.69, 9.17) is 0 Å². The zero-order chi connectivity index (χ0) is 0. The minimum Gasteiger partial charge on any atom is -0.412 e. The summed E-state index contributed by atoms with van der Waals surface area (Å²) in [6.45, 7) is 0. The molecule has 2 N–H and O–H groups in total. The van der Waals surface area contributed by atoms with Crippen LogP contribution < -0.4 is 0 Å². The van der Waals surface area contributed by atoms with Crippen molar-refractivity contribution in [2.24, 2.45) is 0 Å². The van der Waals surface area contributed by atoms with Crippen LogP contribution >= 0.6 is 0 Å². The maximum atomic E-state index is 0. The second-order valence-electron chi connectivity index (χ2n) is 0. The number of rotatable bonds is 0. The first kappa shape index (κ1) is 53.1. The summed E-state index contributed by atoms with van der Waals surface area (Å²) in [5, 5.41) is 0. The van der Waals surface area contributed by atoms with Crippen LogP contribution in [0.3, 0.4) is 0 Å². The van der Waals surface area contributed by atoms with Crippen LogP contribution in [0.5, 0.6) is 0 Å². The molecule has 0 aromatic heterocycles. The summed E-state index contributed by atoms with van der Waals surface area (Å²) in [7, 11) is 0. The van der Waals surface area contributed by atoms with E-state index in [9.17, 15) is 0 Å². The third-order valence-electron chi connectivity index (χ3n) is 0. The molecule has 0 aliphatic rings. The Labute approximate surface area is 81.3 Å². The van der Waals surface area contributed by atoms with Crippen LogP contribution in [-0.4, -0.2) is 5.48 Å². The molecule has 0 aromatic rings. The molecule has 0 aromatic carbocycles. The molecule has 0 saturated carbocycles. The number of hydrogen-bond acceptors (Lipinski definition) is 0. The molecule has 0 fully saturated rings. The van der Waals surface area contributed by atoms with Gasteiger partial charge in [0.25, 0.3) is 0 Å². The molecule has 0 aliphatic heterocycles. The van der Waals surface area contributed by atoms with Crippen LogP contribution in [0, 0.1) is 0 Å². The SMILES string of the molecule is O.[Fe].[Mn].[Ni].[Zr]. The summed E-state index contributed by atoms with van der Waals surface area (Å²) in [5.74, 6) is 0. The first-order valence-corrected chi connectivity index (χ1v) is 0. The van der Waals surface area contributed by atoms with E-state index in [2.05, 4.69) is 0 Å². The van der Waals surface area contributed by atoms with Crippen LogP contribution in [-0.2, 0) is 76.8 Å². The standard InChI is InChI=1S/Fe.Mn.Ni.H2O.Zr/h;;;1H2;. The molecule has 37 valence electrons. The Morgan fingerprint density at radius 2 is 1.00 bits per heavy atom. The van der Waals surface area contributed by atoms with Gasteiger partial charge in [0.05, 0.1) is 0 Å². The fourth-order valence-electron chi connectivity index (χ4n) is 0. The molecule has 0 bridgehead atoms. The Morgan fingerprint density at radius 1 is 1.00 bits per heavy atom. The van der Waals surface area contributed by atoms with Gasteiger partial charge in [-0.25, -0.2) is 0 Å². The Hall–Kier alpha value is 2.38. The molecule has 0 rings (SSSR count). The van der Waals surface area contributed by atoms with Crippen molar-refractivity contribution in [3.63, 3.8) is 0 Å². The second kappa shape index (κ2) is 32.6. The molecular formula is H2FeMnNiOZr. The van der Waals surface area contributed by atoms with Crippen LogP contribution in [0.15, 0.2) is 0 Å². The Bertz CT molecular complexity index is 11.6. The molecule has 0 atom stereocenters. The average molecular weight is 279 g/mol. The average Bonchev–Trinajstić information content (AvgIpc) is 0. The molecule has 0 aliphatic carbocycles. The van der Waals surface area contributed by atoms with E-state index in [1.165, 1.54) is 0 Å². The van der Waals surface area contributed by atoms with Crippen LogP contribution in [0.4, 0.5) is 0 Å². The van der Waals surface area contributed by atoms with Gasteiger partial charge in [0, 0.05) is 76.8 Å². The third-order valence-corrected chi connectivity index (χ3v) is 0. The molecule has 5 heavy (non-hydrogen) atoms. The molecule has 0 saturated heterocycles. The molecule has 0 spiro atoms. The normalized spacial score (nSPS) is 0. The summed E-state index contributed by atoms with van der Waals surface area (Å²) in [4.78, 5) is 0. The summed E-state index contributed by atoms with van der Waals surface area (Å²) in [6, 6.07) is 0. The van der Waals surface area contributed by atoms with Crippen molar-refractivity contribution in [1.29, 1.82) is 0 Å². The smallest absolute Gasteiger partial charge is 0 e. The summed E-state index contributed by atoms with van der Waals surface area (Å²) < 4.78 is 0. The minimum absolute atomic E-state index is 0. The van der Waals surface area contributed by atoms with Gasteiger partial charge >= 0.3 is 0 Å². The van der Waals surface area contributed by atoms with E-state index in [1.807, 2.05) is 0 Å². The van der Waals surface area contributed by atoms with Crippen molar-refractivity contribution in [3.8, 4) is 0 Å². The van der Waals surface area contributed by atoms with Crippen molar-refractivity contribution in [2.45, 2.75) is 0 Å². The van der Waals surface area contributed by atoms with Gasteiger partial charge in [-0.15, -0.1) is 0 Å². The van der Waals surface area contributed by atoms with E-state index in [-0.39, 0.29) is 82.3 Å². The van der Waals surface area contributed by atoms with Gasteiger partial charge in [-0.2, -0.15) is 0 Å². The third kappa shape index (κ3) is 21.6. The van der Waals surface area contributed by atoms with Gasteiger partial charge in [-0.05, 0) is 0 Å². The van der Waals surface area contributed by atoms with Gasteiger partial charge in [0.15, 0.2) is 0 Å². The predicted octanol–water partition coefficient (Wildman–Crippen LogP) is -0.835. The Kier molecular flexibility index (Phi) is 347. The first-order chi connectivity index (χ1) is 0. The van der Waals surface area contributed by atoms with Crippen molar-refractivity contribution in [1.82, 2.24) is 0 Å². The summed E-state index contributed by atoms with van der Waals surface area (Å²) >= 11 is 0. The Balaban J connectivity index is 0. The van der Waals surface area contributed by atoms with E-state index in [0.717, 1.165) is 0 Å². The van der Waals surface area contributed by atoms with Crippen molar-refractivity contribution in [2.75, 3.05) is 0 Å². The monoisotopic (exact) mass is 277 g/mol. The van der Waals surface area contributed by atoms with Gasteiger partial charge in [0.2, 0.25) is 0 Å². The van der Waals surface area contributed by atoms with Crippen LogP contribution in [0.1, 0.15) is 0 Å². The zero-order valence-electron chi connectivity index (χ0n) is 2.05. The fraction of sp³-hybridized carbons (Fsp3) is 0. The van der Waals surface area contributed by atoms with Crippen LogP contribution in [0.2, 0.25) is 0 Å². The van der Waals surface area contributed by atoms with Gasteiger partial charge in [0.1, 0.15) is 0 Å².